The largest absolute Gasteiger partial charge is 0.481 e. The zero-order valence-electron chi connectivity index (χ0n) is 34.8. The van der Waals surface area contributed by atoms with E-state index in [0.29, 0.717) is 6.42 Å². The number of carboxylic acid groups (broad SMARTS) is 1. The molecule has 2 heteroatoms. The summed E-state index contributed by atoms with van der Waals surface area (Å²) in [6.45, 7) is 6.89. The van der Waals surface area contributed by atoms with E-state index in [9.17, 15) is 4.79 Å². The van der Waals surface area contributed by atoms with E-state index in [4.69, 9.17) is 5.11 Å². The highest BCUT2D eigenvalue weighted by Crippen LogP contribution is 2.17. The Labute approximate surface area is 311 Å². The van der Waals surface area contributed by atoms with Crippen molar-refractivity contribution in [2.75, 3.05) is 0 Å². The zero-order valence-corrected chi connectivity index (χ0v) is 34.8. The second-order valence-electron chi connectivity index (χ2n) is 15.9. The van der Waals surface area contributed by atoms with Gasteiger partial charge in [-0.15, -0.1) is 0 Å². The lowest BCUT2D eigenvalue weighted by Crippen LogP contribution is -1.93. The predicted octanol–water partition coefficient (Wildman–Crippen LogP) is 17.9. The molecule has 0 atom stereocenters. The van der Waals surface area contributed by atoms with Crippen LogP contribution in [0.2, 0.25) is 0 Å². The maximum absolute atomic E-state index is 10.4. The molecule has 0 rings (SSSR count). The minimum absolute atomic E-state index is 0.346. The first-order valence-corrected chi connectivity index (χ1v) is 23.4. The smallest absolute Gasteiger partial charge is 0.303 e. The summed E-state index contributed by atoms with van der Waals surface area (Å²) >= 11 is 0. The summed E-state index contributed by atoms with van der Waals surface area (Å²) in [5, 5.41) is 8.59. The van der Waals surface area contributed by atoms with Crippen LogP contribution in [-0.4, -0.2) is 11.1 Å². The second kappa shape index (κ2) is 49.6. The molecule has 0 aliphatic rings. The number of carboxylic acids is 1. The quantitative estimate of drug-likeness (QED) is 0.0647. The Morgan fingerprint density at radius 2 is 0.367 bits per heavy atom. The summed E-state index contributed by atoms with van der Waals surface area (Å²) in [4.78, 5) is 10.4. The van der Waals surface area contributed by atoms with Gasteiger partial charge in [-0.2, -0.15) is 0 Å². The van der Waals surface area contributed by atoms with Crippen LogP contribution < -0.4 is 0 Å². The molecule has 2 nitrogen and oxygen atoms in total. The lowest BCUT2D eigenvalue weighted by atomic mass is 10.0. The normalized spacial score (nSPS) is 11.2. The van der Waals surface area contributed by atoms with E-state index in [2.05, 4.69) is 20.8 Å². The van der Waals surface area contributed by atoms with Gasteiger partial charge in [0.15, 0.2) is 0 Å². The van der Waals surface area contributed by atoms with Crippen molar-refractivity contribution in [3.63, 3.8) is 0 Å². The first-order valence-electron chi connectivity index (χ1n) is 23.4. The summed E-state index contributed by atoms with van der Waals surface area (Å²) in [6, 6.07) is 0. The highest BCUT2D eigenvalue weighted by molar-refractivity contribution is 5.66. The number of hydrogen-bond acceptors (Lipinski definition) is 1. The van der Waals surface area contributed by atoms with Crippen LogP contribution in [0.5, 0.6) is 0 Å². The predicted molar refractivity (Wildman–Crippen MR) is 223 cm³/mol. The van der Waals surface area contributed by atoms with E-state index in [-0.39, 0.29) is 0 Å². The molecule has 0 aromatic carbocycles. The third kappa shape index (κ3) is 54.4. The van der Waals surface area contributed by atoms with Gasteiger partial charge in [0, 0.05) is 6.42 Å². The highest BCUT2D eigenvalue weighted by atomic mass is 16.4. The lowest BCUT2D eigenvalue weighted by molar-refractivity contribution is -0.137. The van der Waals surface area contributed by atoms with Gasteiger partial charge in [0.1, 0.15) is 0 Å². The molecular weight excluding hydrogens is 597 g/mol. The van der Waals surface area contributed by atoms with E-state index < -0.39 is 5.97 Å². The van der Waals surface area contributed by atoms with E-state index >= 15 is 0 Å². The summed E-state index contributed by atoms with van der Waals surface area (Å²) in [7, 11) is 0. The molecule has 49 heavy (non-hydrogen) atoms. The second-order valence-corrected chi connectivity index (χ2v) is 15.9. The van der Waals surface area contributed by atoms with E-state index in [0.717, 1.165) is 12.8 Å². The molecule has 0 saturated carbocycles. The average Bonchev–Trinajstić information content (AvgIpc) is 3.10. The molecular formula is C47H96O2. The molecule has 0 aromatic heterocycles. The Hall–Kier alpha value is -0.530. The van der Waals surface area contributed by atoms with Crippen molar-refractivity contribution in [3.8, 4) is 0 Å². The third-order valence-corrected chi connectivity index (χ3v) is 10.7. The number of hydrogen-bond donors (Lipinski definition) is 1. The molecule has 0 aromatic rings. The Morgan fingerprint density at radius 1 is 0.245 bits per heavy atom. The minimum atomic E-state index is -0.650. The van der Waals surface area contributed by atoms with Crippen LogP contribution in [0.25, 0.3) is 0 Å². The van der Waals surface area contributed by atoms with Crippen LogP contribution in [0.15, 0.2) is 0 Å². The Bertz CT molecular complexity index is 540. The third-order valence-electron chi connectivity index (χ3n) is 10.7. The monoisotopic (exact) mass is 693 g/mol. The van der Waals surface area contributed by atoms with Gasteiger partial charge in [-0.05, 0) is 6.42 Å². The van der Waals surface area contributed by atoms with Crippen molar-refractivity contribution < 1.29 is 9.90 Å². The van der Waals surface area contributed by atoms with Gasteiger partial charge >= 0.3 is 5.97 Å². The first kappa shape index (κ1) is 50.6. The fourth-order valence-electron chi connectivity index (χ4n) is 7.21. The van der Waals surface area contributed by atoms with Crippen LogP contribution in [0.1, 0.15) is 297 Å². The number of rotatable bonds is 42. The van der Waals surface area contributed by atoms with Gasteiger partial charge in [0.25, 0.3) is 0 Å². The fraction of sp³-hybridized carbons (Fsp3) is 0.979. The summed E-state index contributed by atoms with van der Waals surface area (Å²) in [6.07, 6.45) is 59.9. The highest BCUT2D eigenvalue weighted by Gasteiger charge is 1.98. The summed E-state index contributed by atoms with van der Waals surface area (Å²) < 4.78 is 0. The Morgan fingerprint density at radius 3 is 0.490 bits per heavy atom. The molecule has 0 radical (unpaired) electrons. The van der Waals surface area contributed by atoms with Crippen LogP contribution >= 0.6 is 0 Å². The van der Waals surface area contributed by atoms with Gasteiger partial charge < -0.3 is 5.11 Å². The standard InChI is InChI=1S/C26H52O2.C21H44/c1-2-3-4-5-6-7-8-9-10-11-12-13-14-15-16-17-18-19-20-21-22-23-24-25-26(27)28;1-3-5-7-9-11-13-15-17-19-21-20-18-16-14-12-10-8-6-4-2/h2-25H2,1H3,(H,27,28);3-21H2,1-2H3. The van der Waals surface area contributed by atoms with Gasteiger partial charge in [0.05, 0.1) is 0 Å². The Balaban J connectivity index is 0. The molecule has 0 fully saturated rings. The van der Waals surface area contributed by atoms with E-state index in [1.807, 2.05) is 0 Å². The maximum Gasteiger partial charge on any atom is 0.303 e. The molecule has 0 bridgehead atoms. The first-order chi connectivity index (χ1) is 24.2. The molecule has 0 aliphatic heterocycles. The van der Waals surface area contributed by atoms with Crippen LogP contribution in [-0.2, 0) is 4.79 Å². The molecule has 0 heterocycles. The average molecular weight is 693 g/mol. The van der Waals surface area contributed by atoms with Crippen molar-refractivity contribution in [3.05, 3.63) is 0 Å². The lowest BCUT2D eigenvalue weighted by Gasteiger charge is -2.04. The van der Waals surface area contributed by atoms with Crippen molar-refractivity contribution in [1.29, 1.82) is 0 Å². The van der Waals surface area contributed by atoms with Crippen LogP contribution in [0, 0.1) is 0 Å². The molecule has 0 amide bonds. The van der Waals surface area contributed by atoms with Gasteiger partial charge in [-0.3, -0.25) is 4.79 Å². The number of unbranched alkanes of at least 4 members (excludes halogenated alkanes) is 40. The Kier molecular flexibility index (Phi) is 51.2. The van der Waals surface area contributed by atoms with Gasteiger partial charge in [0.2, 0.25) is 0 Å². The maximum atomic E-state index is 10.4. The SMILES string of the molecule is CCCCCCCCCCCCCCCCCCCCC.CCCCCCCCCCCCCCCCCCCCCCCCCC(=O)O. The van der Waals surface area contributed by atoms with Gasteiger partial charge in [-0.25, -0.2) is 0 Å². The van der Waals surface area contributed by atoms with Crippen LogP contribution in [0.4, 0.5) is 0 Å². The van der Waals surface area contributed by atoms with Crippen molar-refractivity contribution in [1.82, 2.24) is 0 Å². The number of aliphatic carboxylic acids is 1. The molecule has 0 saturated heterocycles. The molecule has 0 unspecified atom stereocenters. The molecule has 0 spiro atoms. The van der Waals surface area contributed by atoms with Crippen molar-refractivity contribution >= 4 is 5.97 Å². The molecule has 0 aliphatic carbocycles. The van der Waals surface area contributed by atoms with Crippen molar-refractivity contribution in [2.24, 2.45) is 0 Å². The van der Waals surface area contributed by atoms with E-state index in [1.54, 1.807) is 0 Å². The molecule has 296 valence electrons. The molecule has 1 N–H and O–H groups in total. The zero-order chi connectivity index (χ0) is 36.0. The number of carbonyl (C=O) groups is 1. The van der Waals surface area contributed by atoms with E-state index in [1.165, 1.54) is 257 Å². The van der Waals surface area contributed by atoms with Crippen LogP contribution in [0.3, 0.4) is 0 Å². The summed E-state index contributed by atoms with van der Waals surface area (Å²) in [5.74, 6) is -0.650. The summed E-state index contributed by atoms with van der Waals surface area (Å²) in [5.41, 5.74) is 0. The van der Waals surface area contributed by atoms with Crippen molar-refractivity contribution in [2.45, 2.75) is 297 Å². The topological polar surface area (TPSA) is 37.3 Å². The van der Waals surface area contributed by atoms with Gasteiger partial charge in [-0.1, -0.05) is 284 Å². The minimum Gasteiger partial charge on any atom is -0.481 e. The fourth-order valence-corrected chi connectivity index (χ4v) is 7.21.